The van der Waals surface area contributed by atoms with Crippen LogP contribution < -0.4 is 34.3 Å². The van der Waals surface area contributed by atoms with Crippen molar-refractivity contribution in [3.8, 4) is 5.75 Å². The van der Waals surface area contributed by atoms with Gasteiger partial charge in [0.1, 0.15) is 24.1 Å². The summed E-state index contributed by atoms with van der Waals surface area (Å²) in [5.41, 5.74) is 0.661. The third-order valence-electron chi connectivity index (χ3n) is 3.63. The van der Waals surface area contributed by atoms with Crippen molar-refractivity contribution >= 4 is 10.4 Å². The molecule has 5 atom stereocenters. The Balaban J connectivity index is 0.00000338. The fraction of sp³-hybridized carbons (Fsp3) is 0.571. The molecule has 0 bridgehead atoms. The molecule has 1 aliphatic heterocycles. The summed E-state index contributed by atoms with van der Waals surface area (Å²) in [6, 6.07) is 6.70. The number of benzene rings is 1. The van der Waals surface area contributed by atoms with E-state index in [2.05, 4.69) is 4.18 Å². The maximum Gasteiger partial charge on any atom is 1.00 e. The van der Waals surface area contributed by atoms with Crippen LogP contribution in [0.1, 0.15) is 5.56 Å². The van der Waals surface area contributed by atoms with Gasteiger partial charge in [-0.15, -0.1) is 0 Å². The van der Waals surface area contributed by atoms with Crippen molar-refractivity contribution in [1.29, 1.82) is 0 Å². The largest absolute Gasteiger partial charge is 1.00 e. The van der Waals surface area contributed by atoms with Crippen LogP contribution in [0, 0.1) is 0 Å². The van der Waals surface area contributed by atoms with Crippen LogP contribution in [-0.2, 0) is 30.7 Å². The summed E-state index contributed by atoms with van der Waals surface area (Å²) >= 11 is 0. The molecule has 3 N–H and O–H groups in total. The molecule has 0 aliphatic carbocycles. The minimum Gasteiger partial charge on any atom is -0.726 e. The number of aliphatic hydroxyl groups is 3. The molecule has 0 amide bonds. The van der Waals surface area contributed by atoms with Gasteiger partial charge in [-0.3, -0.25) is 4.18 Å². The first-order valence-corrected chi connectivity index (χ1v) is 8.59. The molecular formula is C14H19NaO10S. The van der Waals surface area contributed by atoms with Crippen molar-refractivity contribution in [3.05, 3.63) is 29.8 Å². The zero-order valence-corrected chi connectivity index (χ0v) is 17.0. The molecule has 142 valence electrons. The number of ether oxygens (including phenoxy) is 3. The Morgan fingerprint density at radius 3 is 2.31 bits per heavy atom. The van der Waals surface area contributed by atoms with Crippen LogP contribution in [0.4, 0.5) is 0 Å². The summed E-state index contributed by atoms with van der Waals surface area (Å²) in [6.07, 6.45) is -7.97. The average Bonchev–Trinajstić information content (AvgIpc) is 2.58. The van der Waals surface area contributed by atoms with Gasteiger partial charge in [0.15, 0.2) is 12.4 Å². The molecule has 12 heteroatoms. The molecule has 1 saturated heterocycles. The van der Waals surface area contributed by atoms with E-state index >= 15 is 0 Å². The van der Waals surface area contributed by atoms with Crippen LogP contribution in [0.15, 0.2) is 24.3 Å². The minimum absolute atomic E-state index is 0. The average molecular weight is 402 g/mol. The van der Waals surface area contributed by atoms with Gasteiger partial charge >= 0.3 is 29.6 Å². The molecule has 2 rings (SSSR count). The number of aliphatic hydroxyl groups excluding tert-OH is 3. The quantitative estimate of drug-likeness (QED) is 0.231. The molecule has 1 aromatic rings. The van der Waals surface area contributed by atoms with E-state index in [-0.39, 0.29) is 36.2 Å². The van der Waals surface area contributed by atoms with Crippen LogP contribution in [0.3, 0.4) is 0 Å². The SMILES string of the molecule is COc1ccc(CO[C@@H]2O[C@H](CO)[C@@H](O)[C@H](O)[C@H]2OS(=O)(=O)[O-])cc1.[Na+]. The molecule has 0 aromatic heterocycles. The third-order valence-corrected chi connectivity index (χ3v) is 4.08. The monoisotopic (exact) mass is 402 g/mol. The Morgan fingerprint density at radius 1 is 1.19 bits per heavy atom. The third kappa shape index (κ3) is 6.39. The van der Waals surface area contributed by atoms with E-state index in [4.69, 9.17) is 14.2 Å². The molecular weight excluding hydrogens is 383 g/mol. The van der Waals surface area contributed by atoms with Gasteiger partial charge in [0, 0.05) is 0 Å². The summed E-state index contributed by atoms with van der Waals surface area (Å²) in [5.74, 6) is 0.621. The predicted molar refractivity (Wildman–Crippen MR) is 80.1 cm³/mol. The molecule has 1 aromatic carbocycles. The summed E-state index contributed by atoms with van der Waals surface area (Å²) < 4.78 is 52.4. The van der Waals surface area contributed by atoms with Gasteiger partial charge in [0.05, 0.1) is 20.3 Å². The van der Waals surface area contributed by atoms with E-state index in [1.54, 1.807) is 24.3 Å². The Bertz CT molecular complexity index is 652. The Hall–Kier alpha value is -0.310. The topological polar surface area (TPSA) is 155 Å². The molecule has 0 radical (unpaired) electrons. The number of rotatable bonds is 7. The van der Waals surface area contributed by atoms with Gasteiger partial charge in [0.2, 0.25) is 10.4 Å². The van der Waals surface area contributed by atoms with E-state index in [9.17, 15) is 28.3 Å². The fourth-order valence-corrected chi connectivity index (χ4v) is 2.81. The van der Waals surface area contributed by atoms with Crippen molar-refractivity contribution in [2.75, 3.05) is 13.7 Å². The van der Waals surface area contributed by atoms with E-state index in [0.29, 0.717) is 11.3 Å². The van der Waals surface area contributed by atoms with Crippen LogP contribution in [0.5, 0.6) is 5.75 Å². The Morgan fingerprint density at radius 2 is 1.81 bits per heavy atom. The second kappa shape index (κ2) is 10.3. The van der Waals surface area contributed by atoms with Crippen LogP contribution in [0.25, 0.3) is 0 Å². The van der Waals surface area contributed by atoms with Crippen molar-refractivity contribution in [2.24, 2.45) is 0 Å². The summed E-state index contributed by atoms with van der Waals surface area (Å²) in [7, 11) is -3.68. The summed E-state index contributed by atoms with van der Waals surface area (Å²) in [5, 5.41) is 28.9. The second-order valence-corrected chi connectivity index (χ2v) is 6.34. The molecule has 1 fully saturated rings. The molecule has 0 spiro atoms. The van der Waals surface area contributed by atoms with Crippen LogP contribution in [0.2, 0.25) is 0 Å². The van der Waals surface area contributed by atoms with Crippen molar-refractivity contribution in [3.63, 3.8) is 0 Å². The predicted octanol–water partition coefficient (Wildman–Crippen LogP) is -4.50. The normalized spacial score (nSPS) is 29.0. The van der Waals surface area contributed by atoms with Crippen molar-refractivity contribution < 1.29 is 76.2 Å². The zero-order chi connectivity index (χ0) is 18.6. The molecule has 1 aliphatic rings. The Kier molecular flexibility index (Phi) is 9.39. The maximum absolute atomic E-state index is 10.8. The van der Waals surface area contributed by atoms with Gasteiger partial charge in [-0.1, -0.05) is 12.1 Å². The number of hydrogen-bond donors (Lipinski definition) is 3. The van der Waals surface area contributed by atoms with E-state index in [0.717, 1.165) is 0 Å². The fourth-order valence-electron chi connectivity index (χ4n) is 2.33. The maximum atomic E-state index is 10.8. The van der Waals surface area contributed by atoms with Crippen molar-refractivity contribution in [1.82, 2.24) is 0 Å². The second-order valence-electron chi connectivity index (χ2n) is 5.33. The molecule has 26 heavy (non-hydrogen) atoms. The van der Waals surface area contributed by atoms with Gasteiger partial charge in [0.25, 0.3) is 0 Å². The van der Waals surface area contributed by atoms with E-state index < -0.39 is 47.7 Å². The molecule has 10 nitrogen and oxygen atoms in total. The van der Waals surface area contributed by atoms with Crippen molar-refractivity contribution in [2.45, 2.75) is 37.3 Å². The summed E-state index contributed by atoms with van der Waals surface area (Å²) in [6.45, 7) is -0.730. The molecule has 0 unspecified atom stereocenters. The van der Waals surface area contributed by atoms with Crippen LogP contribution >= 0.6 is 0 Å². The number of methoxy groups -OCH3 is 1. The van der Waals surface area contributed by atoms with Gasteiger partial charge in [-0.25, -0.2) is 8.42 Å². The standard InChI is InChI=1S/C14H20O10S.Na/c1-21-9-4-2-8(3-5-9)7-22-14-13(24-25(18,19)20)12(17)11(16)10(6-15)23-14;/h2-5,10-17H,6-7H2,1H3,(H,18,19,20);/q;+1/p-1/t10-,11-,12+,13-,14-;/m1./s1. The minimum atomic E-state index is -5.19. The molecule has 1 heterocycles. The van der Waals surface area contributed by atoms with E-state index in [1.165, 1.54) is 7.11 Å². The van der Waals surface area contributed by atoms with Crippen LogP contribution in [-0.4, -0.2) is 72.7 Å². The molecule has 0 saturated carbocycles. The summed E-state index contributed by atoms with van der Waals surface area (Å²) in [4.78, 5) is 0. The van der Waals surface area contributed by atoms with Gasteiger partial charge < -0.3 is 34.1 Å². The first-order valence-electron chi connectivity index (χ1n) is 7.26. The number of hydrogen-bond acceptors (Lipinski definition) is 10. The van der Waals surface area contributed by atoms with E-state index in [1.807, 2.05) is 0 Å². The smallest absolute Gasteiger partial charge is 0.726 e. The van der Waals surface area contributed by atoms with Gasteiger partial charge in [-0.05, 0) is 17.7 Å². The first-order chi connectivity index (χ1) is 11.7. The first kappa shape index (κ1) is 23.7. The van der Waals surface area contributed by atoms with Gasteiger partial charge in [-0.2, -0.15) is 0 Å². The zero-order valence-electron chi connectivity index (χ0n) is 14.2. The Labute approximate surface area is 172 Å².